The fourth-order valence-electron chi connectivity index (χ4n) is 1.42. The summed E-state index contributed by atoms with van der Waals surface area (Å²) in [6, 6.07) is 2.37. The highest BCUT2D eigenvalue weighted by molar-refractivity contribution is 9.08. The molecule has 0 radical (unpaired) electrons. The van der Waals surface area contributed by atoms with E-state index in [1.807, 2.05) is 0 Å². The first-order chi connectivity index (χ1) is 8.12. The summed E-state index contributed by atoms with van der Waals surface area (Å²) in [5, 5.41) is 8.50. The van der Waals surface area contributed by atoms with Crippen LogP contribution in [0.15, 0.2) is 12.1 Å². The SMILES string of the molecule is N#Cc1c(CBr)ccc(C(F)(F)F)c1C(F)(F)F. The van der Waals surface area contributed by atoms with Crippen LogP contribution in [-0.2, 0) is 17.7 Å². The largest absolute Gasteiger partial charge is 0.418 e. The Labute approximate surface area is 106 Å². The third-order valence-corrected chi connectivity index (χ3v) is 2.74. The van der Waals surface area contributed by atoms with Gasteiger partial charge in [0.1, 0.15) is 6.07 Å². The van der Waals surface area contributed by atoms with E-state index < -0.39 is 29.0 Å². The number of hydrogen-bond donors (Lipinski definition) is 0. The maximum absolute atomic E-state index is 12.7. The number of nitriles is 1. The van der Waals surface area contributed by atoms with Gasteiger partial charge in [0.15, 0.2) is 0 Å². The van der Waals surface area contributed by atoms with Gasteiger partial charge in [-0.05, 0) is 11.6 Å². The number of alkyl halides is 7. The molecule has 0 bridgehead atoms. The Morgan fingerprint density at radius 3 is 1.94 bits per heavy atom. The highest BCUT2D eigenvalue weighted by atomic mass is 79.9. The zero-order valence-corrected chi connectivity index (χ0v) is 10.0. The van der Waals surface area contributed by atoms with Crippen LogP contribution in [-0.4, -0.2) is 0 Å². The van der Waals surface area contributed by atoms with Crippen LogP contribution >= 0.6 is 15.9 Å². The quantitative estimate of drug-likeness (QED) is 0.549. The van der Waals surface area contributed by atoms with Gasteiger partial charge in [-0.1, -0.05) is 22.0 Å². The minimum Gasteiger partial charge on any atom is -0.192 e. The first-order valence-corrected chi connectivity index (χ1v) is 5.51. The standard InChI is InChI=1S/C10H4BrF6N/c11-3-5-1-2-7(9(12,13)14)8(6(5)4-18)10(15,16)17/h1-2H,3H2. The summed E-state index contributed by atoms with van der Waals surface area (Å²) in [5.41, 5.74) is -4.93. The minimum atomic E-state index is -5.24. The summed E-state index contributed by atoms with van der Waals surface area (Å²) in [7, 11) is 0. The van der Waals surface area contributed by atoms with E-state index in [2.05, 4.69) is 15.9 Å². The lowest BCUT2D eigenvalue weighted by atomic mass is 9.96. The minimum absolute atomic E-state index is 0.141. The molecule has 1 aromatic carbocycles. The molecule has 0 aliphatic heterocycles. The van der Waals surface area contributed by atoms with E-state index in [0.29, 0.717) is 6.07 Å². The van der Waals surface area contributed by atoms with Gasteiger partial charge in [0.2, 0.25) is 0 Å². The Morgan fingerprint density at radius 2 is 1.61 bits per heavy atom. The van der Waals surface area contributed by atoms with Crippen molar-refractivity contribution >= 4 is 15.9 Å². The van der Waals surface area contributed by atoms with E-state index in [-0.39, 0.29) is 10.9 Å². The molecule has 8 heteroatoms. The number of rotatable bonds is 1. The average Bonchev–Trinajstić information content (AvgIpc) is 2.24. The van der Waals surface area contributed by atoms with Gasteiger partial charge in [0.25, 0.3) is 0 Å². The Morgan fingerprint density at radius 1 is 1.06 bits per heavy atom. The predicted octanol–water partition coefficient (Wildman–Crippen LogP) is 4.49. The van der Waals surface area contributed by atoms with Crippen molar-refractivity contribution in [2.75, 3.05) is 0 Å². The van der Waals surface area contributed by atoms with Gasteiger partial charge in [-0.2, -0.15) is 31.6 Å². The highest BCUT2D eigenvalue weighted by Gasteiger charge is 2.45. The van der Waals surface area contributed by atoms with Crippen LogP contribution in [0, 0.1) is 11.3 Å². The molecule has 0 amide bonds. The molecule has 0 spiro atoms. The summed E-state index contributed by atoms with van der Waals surface area (Å²) in [6.07, 6.45) is -10.4. The van der Waals surface area contributed by atoms with Crippen molar-refractivity contribution in [3.8, 4) is 6.07 Å². The van der Waals surface area contributed by atoms with Gasteiger partial charge >= 0.3 is 12.4 Å². The summed E-state index contributed by atoms with van der Waals surface area (Å²) >= 11 is 2.83. The third kappa shape index (κ3) is 2.77. The molecule has 0 heterocycles. The van der Waals surface area contributed by atoms with Crippen molar-refractivity contribution in [2.45, 2.75) is 17.7 Å². The lowest BCUT2D eigenvalue weighted by Crippen LogP contribution is -2.19. The van der Waals surface area contributed by atoms with Gasteiger partial charge in [-0.15, -0.1) is 0 Å². The Balaban J connectivity index is 3.73. The zero-order chi connectivity index (χ0) is 14.1. The van der Waals surface area contributed by atoms with Crippen molar-refractivity contribution in [2.24, 2.45) is 0 Å². The molecule has 18 heavy (non-hydrogen) atoms. The lowest BCUT2D eigenvalue weighted by Gasteiger charge is -2.18. The number of nitrogens with zero attached hydrogens (tertiary/aromatic N) is 1. The Hall–Kier alpha value is -1.23. The number of benzene rings is 1. The van der Waals surface area contributed by atoms with Crippen molar-refractivity contribution in [3.63, 3.8) is 0 Å². The van der Waals surface area contributed by atoms with Crippen LogP contribution in [0.1, 0.15) is 22.3 Å². The fourth-order valence-corrected chi connectivity index (χ4v) is 1.88. The third-order valence-electron chi connectivity index (χ3n) is 2.14. The second-order valence-electron chi connectivity index (χ2n) is 3.26. The topological polar surface area (TPSA) is 23.8 Å². The molecule has 0 aliphatic rings. The molecule has 0 unspecified atom stereocenters. The normalized spacial score (nSPS) is 12.3. The van der Waals surface area contributed by atoms with E-state index in [9.17, 15) is 26.3 Å². The van der Waals surface area contributed by atoms with Crippen molar-refractivity contribution in [1.29, 1.82) is 5.26 Å². The van der Waals surface area contributed by atoms with Gasteiger partial charge in [-0.3, -0.25) is 0 Å². The van der Waals surface area contributed by atoms with E-state index in [4.69, 9.17) is 5.26 Å². The molecule has 0 saturated heterocycles. The van der Waals surface area contributed by atoms with E-state index in [0.717, 1.165) is 6.07 Å². The van der Waals surface area contributed by atoms with Crippen molar-refractivity contribution in [3.05, 3.63) is 34.4 Å². The summed E-state index contributed by atoms with van der Waals surface area (Å²) < 4.78 is 75.6. The molecule has 0 fully saturated rings. The molecule has 0 saturated carbocycles. The maximum Gasteiger partial charge on any atom is 0.418 e. The highest BCUT2D eigenvalue weighted by Crippen LogP contribution is 2.43. The summed E-state index contributed by atoms with van der Waals surface area (Å²) in [6.45, 7) is 0. The molecule has 1 nitrogen and oxygen atoms in total. The predicted molar refractivity (Wildman–Crippen MR) is 53.8 cm³/mol. The smallest absolute Gasteiger partial charge is 0.192 e. The number of halogens is 7. The van der Waals surface area contributed by atoms with Gasteiger partial charge in [0.05, 0.1) is 16.7 Å². The van der Waals surface area contributed by atoms with E-state index in [1.54, 1.807) is 0 Å². The lowest BCUT2D eigenvalue weighted by molar-refractivity contribution is -0.162. The van der Waals surface area contributed by atoms with Crippen LogP contribution < -0.4 is 0 Å². The molecule has 98 valence electrons. The molecule has 1 aromatic rings. The zero-order valence-electron chi connectivity index (χ0n) is 8.45. The Kier molecular flexibility index (Phi) is 3.96. The molecular formula is C10H4BrF6N. The van der Waals surface area contributed by atoms with Crippen LogP contribution in [0.25, 0.3) is 0 Å². The van der Waals surface area contributed by atoms with Gasteiger partial charge in [-0.25, -0.2) is 0 Å². The van der Waals surface area contributed by atoms with Gasteiger partial charge < -0.3 is 0 Å². The first kappa shape index (κ1) is 14.8. The van der Waals surface area contributed by atoms with E-state index in [1.165, 1.54) is 6.07 Å². The monoisotopic (exact) mass is 331 g/mol. The fraction of sp³-hybridized carbons (Fsp3) is 0.300. The van der Waals surface area contributed by atoms with Crippen LogP contribution in [0.5, 0.6) is 0 Å². The molecule has 0 atom stereocenters. The van der Waals surface area contributed by atoms with Crippen molar-refractivity contribution in [1.82, 2.24) is 0 Å². The van der Waals surface area contributed by atoms with E-state index >= 15 is 0 Å². The molecule has 0 aromatic heterocycles. The molecule has 0 aliphatic carbocycles. The summed E-state index contributed by atoms with van der Waals surface area (Å²) in [5.74, 6) is 0. The first-order valence-electron chi connectivity index (χ1n) is 4.39. The van der Waals surface area contributed by atoms with Crippen LogP contribution in [0.3, 0.4) is 0 Å². The van der Waals surface area contributed by atoms with Crippen LogP contribution in [0.2, 0.25) is 0 Å². The molecular weight excluding hydrogens is 328 g/mol. The van der Waals surface area contributed by atoms with Gasteiger partial charge in [0, 0.05) is 5.33 Å². The van der Waals surface area contributed by atoms with Crippen molar-refractivity contribution < 1.29 is 26.3 Å². The average molecular weight is 332 g/mol. The second kappa shape index (κ2) is 4.80. The maximum atomic E-state index is 12.7. The number of hydrogen-bond acceptors (Lipinski definition) is 1. The molecule has 0 N–H and O–H groups in total. The second-order valence-corrected chi connectivity index (χ2v) is 3.82. The Bertz CT molecular complexity index is 497. The summed E-state index contributed by atoms with van der Waals surface area (Å²) in [4.78, 5) is 0. The molecule has 1 rings (SSSR count). The van der Waals surface area contributed by atoms with Crippen LogP contribution in [0.4, 0.5) is 26.3 Å².